The molecule has 0 saturated carbocycles. The zero-order valence-electron chi connectivity index (χ0n) is 10.0. The van der Waals surface area contributed by atoms with E-state index in [1.807, 2.05) is 0 Å². The van der Waals surface area contributed by atoms with Gasteiger partial charge in [-0.15, -0.1) is 0 Å². The van der Waals surface area contributed by atoms with Crippen molar-refractivity contribution in [3.63, 3.8) is 0 Å². The fourth-order valence-corrected chi connectivity index (χ4v) is 1.89. The van der Waals surface area contributed by atoms with Crippen molar-refractivity contribution in [2.45, 2.75) is 6.42 Å². The monoisotopic (exact) mass is 248 g/mol. The number of phenols is 1. The molecule has 0 bridgehead atoms. The summed E-state index contributed by atoms with van der Waals surface area (Å²) in [5.41, 5.74) is 0.410. The van der Waals surface area contributed by atoms with E-state index in [0.29, 0.717) is 11.3 Å². The van der Waals surface area contributed by atoms with E-state index < -0.39 is 11.6 Å². The standard InChI is InChI=1S/C13H12O5/c1-17-9-6-7-4-3-5-8(14)11(15)10(7)12(16)13(9)18-2/h3-4,6,16H,5H2,1-2H3. The van der Waals surface area contributed by atoms with Crippen molar-refractivity contribution < 1.29 is 24.2 Å². The van der Waals surface area contributed by atoms with Crippen LogP contribution in [0.1, 0.15) is 22.3 Å². The summed E-state index contributed by atoms with van der Waals surface area (Å²) in [7, 11) is 2.78. The maximum absolute atomic E-state index is 11.9. The molecule has 5 nitrogen and oxygen atoms in total. The number of ether oxygens (including phenoxy) is 2. The van der Waals surface area contributed by atoms with Crippen molar-refractivity contribution in [2.75, 3.05) is 14.2 Å². The number of hydrogen-bond donors (Lipinski definition) is 1. The first-order valence-electron chi connectivity index (χ1n) is 5.32. The fraction of sp³-hybridized carbons (Fsp3) is 0.231. The zero-order valence-corrected chi connectivity index (χ0v) is 10.0. The molecule has 18 heavy (non-hydrogen) atoms. The van der Waals surface area contributed by atoms with Crippen molar-refractivity contribution in [2.24, 2.45) is 0 Å². The van der Waals surface area contributed by atoms with Gasteiger partial charge in [-0.2, -0.15) is 0 Å². The average Bonchev–Trinajstić information content (AvgIpc) is 2.50. The van der Waals surface area contributed by atoms with Gasteiger partial charge < -0.3 is 14.6 Å². The fourth-order valence-electron chi connectivity index (χ4n) is 1.89. The maximum Gasteiger partial charge on any atom is 0.233 e. The van der Waals surface area contributed by atoms with Crippen LogP contribution in [0.5, 0.6) is 17.2 Å². The predicted octanol–water partition coefficient (Wildman–Crippen LogP) is 1.58. The van der Waals surface area contributed by atoms with Gasteiger partial charge in [-0.05, 0) is 11.6 Å². The number of fused-ring (bicyclic) bond motifs is 1. The van der Waals surface area contributed by atoms with Crippen LogP contribution in [0, 0.1) is 0 Å². The summed E-state index contributed by atoms with van der Waals surface area (Å²) in [4.78, 5) is 23.4. The smallest absolute Gasteiger partial charge is 0.233 e. The van der Waals surface area contributed by atoms with Gasteiger partial charge in [0, 0.05) is 6.42 Å². The van der Waals surface area contributed by atoms with E-state index in [1.54, 1.807) is 18.2 Å². The summed E-state index contributed by atoms with van der Waals surface area (Å²) >= 11 is 0. The Hall–Kier alpha value is -2.30. The van der Waals surface area contributed by atoms with Gasteiger partial charge in [0.2, 0.25) is 17.3 Å². The van der Waals surface area contributed by atoms with Crippen LogP contribution in [0.15, 0.2) is 12.1 Å². The number of phenolic OH excluding ortho intramolecular Hbond substituents is 1. The molecular weight excluding hydrogens is 236 g/mol. The Kier molecular flexibility index (Phi) is 3.06. The third-order valence-corrected chi connectivity index (χ3v) is 2.76. The first kappa shape index (κ1) is 12.2. The van der Waals surface area contributed by atoms with Gasteiger partial charge in [0.15, 0.2) is 11.5 Å². The molecule has 0 unspecified atom stereocenters. The quantitative estimate of drug-likeness (QED) is 0.804. The zero-order chi connectivity index (χ0) is 13.3. The molecule has 0 aromatic heterocycles. The lowest BCUT2D eigenvalue weighted by Crippen LogP contribution is -2.13. The SMILES string of the molecule is COc1cc2c(c(O)c1OC)C(=O)C(=O)CC=C2. The van der Waals surface area contributed by atoms with E-state index in [9.17, 15) is 14.7 Å². The number of aromatic hydroxyl groups is 1. The lowest BCUT2D eigenvalue weighted by Gasteiger charge is -2.13. The normalized spacial score (nSPS) is 14.1. The molecule has 0 fully saturated rings. The molecule has 1 aliphatic rings. The second-order valence-electron chi connectivity index (χ2n) is 3.78. The Bertz CT molecular complexity index is 557. The molecule has 1 aromatic rings. The number of carbonyl (C=O) groups excluding carboxylic acids is 2. The largest absolute Gasteiger partial charge is 0.504 e. The van der Waals surface area contributed by atoms with Crippen LogP contribution in [0.2, 0.25) is 0 Å². The summed E-state index contributed by atoms with van der Waals surface area (Å²) in [5.74, 6) is -1.29. The molecule has 0 heterocycles. The predicted molar refractivity (Wildman–Crippen MR) is 64.2 cm³/mol. The molecule has 1 aromatic carbocycles. The number of benzene rings is 1. The lowest BCUT2D eigenvalue weighted by atomic mass is 10.00. The molecule has 0 amide bonds. The molecule has 0 spiro atoms. The van der Waals surface area contributed by atoms with Crippen molar-refractivity contribution in [3.05, 3.63) is 23.3 Å². The van der Waals surface area contributed by atoms with Crippen molar-refractivity contribution in [3.8, 4) is 17.2 Å². The van der Waals surface area contributed by atoms with Crippen molar-refractivity contribution >= 4 is 17.6 Å². The van der Waals surface area contributed by atoms with Gasteiger partial charge in [0.1, 0.15) is 0 Å². The number of carbonyl (C=O) groups is 2. The Balaban J connectivity index is 2.75. The van der Waals surface area contributed by atoms with Gasteiger partial charge in [0.25, 0.3) is 0 Å². The van der Waals surface area contributed by atoms with Crippen LogP contribution in [-0.2, 0) is 4.79 Å². The number of methoxy groups -OCH3 is 2. The highest BCUT2D eigenvalue weighted by molar-refractivity contribution is 6.45. The van der Waals surface area contributed by atoms with E-state index in [2.05, 4.69) is 0 Å². The van der Waals surface area contributed by atoms with Crippen LogP contribution >= 0.6 is 0 Å². The van der Waals surface area contributed by atoms with Crippen LogP contribution in [0.3, 0.4) is 0 Å². The molecule has 5 heteroatoms. The topological polar surface area (TPSA) is 72.8 Å². The number of rotatable bonds is 2. The Morgan fingerprint density at radius 3 is 2.56 bits per heavy atom. The minimum atomic E-state index is -0.714. The summed E-state index contributed by atoms with van der Waals surface area (Å²) in [6.45, 7) is 0. The molecule has 1 aliphatic carbocycles. The summed E-state index contributed by atoms with van der Waals surface area (Å²) in [6.07, 6.45) is 3.22. The van der Waals surface area contributed by atoms with Gasteiger partial charge >= 0.3 is 0 Å². The Labute approximate surface area is 104 Å². The summed E-state index contributed by atoms with van der Waals surface area (Å²) in [6, 6.07) is 1.56. The molecule has 0 aliphatic heterocycles. The molecule has 1 N–H and O–H groups in total. The van der Waals surface area contributed by atoms with Crippen LogP contribution in [0.25, 0.3) is 6.08 Å². The highest BCUT2D eigenvalue weighted by Gasteiger charge is 2.28. The van der Waals surface area contributed by atoms with Crippen LogP contribution in [-0.4, -0.2) is 30.9 Å². The van der Waals surface area contributed by atoms with E-state index in [0.717, 1.165) is 0 Å². The lowest BCUT2D eigenvalue weighted by molar-refractivity contribution is -0.114. The molecule has 0 atom stereocenters. The van der Waals surface area contributed by atoms with E-state index in [1.165, 1.54) is 14.2 Å². The highest BCUT2D eigenvalue weighted by Crippen LogP contribution is 2.42. The van der Waals surface area contributed by atoms with E-state index in [4.69, 9.17) is 9.47 Å². The molecular formula is C13H12O5. The molecule has 0 radical (unpaired) electrons. The number of ketones is 2. The number of hydrogen-bond acceptors (Lipinski definition) is 5. The number of allylic oxidation sites excluding steroid dienone is 1. The second-order valence-corrected chi connectivity index (χ2v) is 3.78. The van der Waals surface area contributed by atoms with E-state index in [-0.39, 0.29) is 23.5 Å². The first-order chi connectivity index (χ1) is 8.60. The highest BCUT2D eigenvalue weighted by atomic mass is 16.5. The molecule has 94 valence electrons. The molecule has 2 rings (SSSR count). The van der Waals surface area contributed by atoms with E-state index >= 15 is 0 Å². The first-order valence-corrected chi connectivity index (χ1v) is 5.32. The Morgan fingerprint density at radius 1 is 1.22 bits per heavy atom. The van der Waals surface area contributed by atoms with Crippen molar-refractivity contribution in [1.82, 2.24) is 0 Å². The van der Waals surface area contributed by atoms with Gasteiger partial charge in [0.05, 0.1) is 19.8 Å². The average molecular weight is 248 g/mol. The minimum absolute atomic E-state index is 0.0254. The van der Waals surface area contributed by atoms with Crippen molar-refractivity contribution in [1.29, 1.82) is 0 Å². The van der Waals surface area contributed by atoms with Gasteiger partial charge in [-0.25, -0.2) is 0 Å². The third kappa shape index (κ3) is 1.73. The second kappa shape index (κ2) is 4.52. The summed E-state index contributed by atoms with van der Waals surface area (Å²) in [5, 5.41) is 10.0. The van der Waals surface area contributed by atoms with Crippen LogP contribution in [0.4, 0.5) is 0 Å². The van der Waals surface area contributed by atoms with Gasteiger partial charge in [-0.3, -0.25) is 9.59 Å². The Morgan fingerprint density at radius 2 is 1.94 bits per heavy atom. The van der Waals surface area contributed by atoms with Gasteiger partial charge in [-0.1, -0.05) is 12.2 Å². The molecule has 0 saturated heterocycles. The minimum Gasteiger partial charge on any atom is -0.504 e. The maximum atomic E-state index is 11.9. The van der Waals surface area contributed by atoms with Crippen LogP contribution < -0.4 is 9.47 Å². The number of Topliss-reactive ketones (excluding diaryl/α,β-unsaturated/α-hetero) is 2. The summed E-state index contributed by atoms with van der Waals surface area (Å²) < 4.78 is 10.1. The third-order valence-electron chi connectivity index (χ3n) is 2.76.